The van der Waals surface area contributed by atoms with Crippen molar-refractivity contribution in [3.05, 3.63) is 46.8 Å². The Bertz CT molecular complexity index is 890. The maximum absolute atomic E-state index is 12.1. The first-order valence-corrected chi connectivity index (χ1v) is 8.27. The molecule has 0 aliphatic heterocycles. The number of anilines is 1. The number of carbonyl (C=O) groups excluding carboxylic acids is 2. The van der Waals surface area contributed by atoms with Crippen LogP contribution in [-0.2, 0) is 11.3 Å². The third-order valence-electron chi connectivity index (χ3n) is 3.50. The van der Waals surface area contributed by atoms with Gasteiger partial charge in [-0.3, -0.25) is 9.89 Å². The highest BCUT2D eigenvalue weighted by atomic mass is 79.9. The van der Waals surface area contributed by atoms with Crippen molar-refractivity contribution in [2.45, 2.75) is 6.54 Å². The second-order valence-electron chi connectivity index (χ2n) is 5.40. The van der Waals surface area contributed by atoms with Gasteiger partial charge in [0.05, 0.1) is 24.9 Å². The zero-order valence-electron chi connectivity index (χ0n) is 13.4. The molecule has 0 fully saturated rings. The third-order valence-corrected chi connectivity index (χ3v) is 4.00. The van der Waals surface area contributed by atoms with Crippen molar-refractivity contribution in [2.75, 3.05) is 18.9 Å². The first kappa shape index (κ1) is 17.0. The van der Waals surface area contributed by atoms with Crippen LogP contribution in [0.5, 0.6) is 0 Å². The van der Waals surface area contributed by atoms with Gasteiger partial charge in [0, 0.05) is 16.9 Å². The van der Waals surface area contributed by atoms with Gasteiger partial charge in [-0.05, 0) is 30.3 Å². The molecule has 3 amide bonds. The molecular weight excluding hydrogens is 390 g/mol. The first-order valence-electron chi connectivity index (χ1n) is 7.48. The Kier molecular flexibility index (Phi) is 5.03. The van der Waals surface area contributed by atoms with Crippen molar-refractivity contribution in [1.82, 2.24) is 20.4 Å². The molecule has 0 saturated carbocycles. The van der Waals surface area contributed by atoms with Gasteiger partial charge in [0.2, 0.25) is 5.91 Å². The Morgan fingerprint density at radius 2 is 2.20 bits per heavy atom. The Hall–Kier alpha value is -2.81. The number of hydrogen-bond acceptors (Lipinski definition) is 4. The zero-order chi connectivity index (χ0) is 17.8. The van der Waals surface area contributed by atoms with E-state index in [-0.39, 0.29) is 18.5 Å². The molecule has 3 N–H and O–H groups in total. The summed E-state index contributed by atoms with van der Waals surface area (Å²) in [5.41, 5.74) is 0.806. The lowest BCUT2D eigenvalue weighted by Crippen LogP contribution is -2.40. The molecule has 0 saturated heterocycles. The quantitative estimate of drug-likeness (QED) is 0.606. The van der Waals surface area contributed by atoms with Crippen molar-refractivity contribution < 1.29 is 14.0 Å². The van der Waals surface area contributed by atoms with Crippen LogP contribution in [0.2, 0.25) is 0 Å². The maximum atomic E-state index is 12.1. The number of aromatic amines is 1. The number of aromatic nitrogens is 2. The lowest BCUT2D eigenvalue weighted by atomic mass is 10.2. The highest BCUT2D eigenvalue weighted by Gasteiger charge is 2.14. The number of H-pyrrole nitrogens is 1. The number of fused-ring (bicyclic) bond motifs is 1. The summed E-state index contributed by atoms with van der Waals surface area (Å²) < 4.78 is 6.06. The molecule has 25 heavy (non-hydrogen) atoms. The van der Waals surface area contributed by atoms with E-state index in [2.05, 4.69) is 36.8 Å². The summed E-state index contributed by atoms with van der Waals surface area (Å²) in [7, 11) is 1.62. The van der Waals surface area contributed by atoms with Gasteiger partial charge < -0.3 is 20.0 Å². The molecular formula is C16H16BrN5O3. The molecule has 0 bridgehead atoms. The van der Waals surface area contributed by atoms with Crippen LogP contribution in [0.4, 0.5) is 10.6 Å². The van der Waals surface area contributed by atoms with Gasteiger partial charge in [-0.2, -0.15) is 5.10 Å². The molecule has 1 aromatic carbocycles. The normalized spacial score (nSPS) is 10.6. The Balaban J connectivity index is 1.53. The van der Waals surface area contributed by atoms with Crippen LogP contribution >= 0.6 is 15.9 Å². The summed E-state index contributed by atoms with van der Waals surface area (Å²) in [5, 5.41) is 12.9. The predicted octanol–water partition coefficient (Wildman–Crippen LogP) is 2.70. The van der Waals surface area contributed by atoms with E-state index >= 15 is 0 Å². The Morgan fingerprint density at radius 1 is 1.36 bits per heavy atom. The number of nitrogens with zero attached hydrogens (tertiary/aromatic N) is 2. The largest absolute Gasteiger partial charge is 0.467 e. The highest BCUT2D eigenvalue weighted by molar-refractivity contribution is 9.10. The number of furan rings is 1. The molecule has 0 aliphatic carbocycles. The summed E-state index contributed by atoms with van der Waals surface area (Å²) in [6.45, 7) is 0.155. The Labute approximate surface area is 151 Å². The SMILES string of the molecule is CN(Cc1ccco1)C(=O)NCC(=O)Nc1n[nH]c2ccc(Br)cc12. The van der Waals surface area contributed by atoms with Crippen LogP contribution in [0.25, 0.3) is 10.9 Å². The van der Waals surface area contributed by atoms with Gasteiger partial charge >= 0.3 is 6.03 Å². The first-order chi connectivity index (χ1) is 12.0. The van der Waals surface area contributed by atoms with Crippen LogP contribution in [0.15, 0.2) is 45.5 Å². The number of urea groups is 1. The van der Waals surface area contributed by atoms with E-state index in [9.17, 15) is 9.59 Å². The van der Waals surface area contributed by atoms with Gasteiger partial charge in [0.15, 0.2) is 5.82 Å². The monoisotopic (exact) mass is 405 g/mol. The number of rotatable bonds is 5. The second-order valence-corrected chi connectivity index (χ2v) is 6.32. The van der Waals surface area contributed by atoms with E-state index in [1.807, 2.05) is 18.2 Å². The third kappa shape index (κ3) is 4.18. The number of amides is 3. The fourth-order valence-electron chi connectivity index (χ4n) is 2.26. The molecule has 2 aromatic heterocycles. The molecule has 0 unspecified atom stereocenters. The van der Waals surface area contributed by atoms with Crippen LogP contribution < -0.4 is 10.6 Å². The number of benzene rings is 1. The maximum Gasteiger partial charge on any atom is 0.317 e. The minimum Gasteiger partial charge on any atom is -0.467 e. The highest BCUT2D eigenvalue weighted by Crippen LogP contribution is 2.24. The summed E-state index contributed by atoms with van der Waals surface area (Å²) in [6, 6.07) is 8.73. The Morgan fingerprint density at radius 3 is 2.96 bits per heavy atom. The van der Waals surface area contributed by atoms with Crippen molar-refractivity contribution in [3.8, 4) is 0 Å². The number of carbonyl (C=O) groups is 2. The molecule has 3 rings (SSSR count). The van der Waals surface area contributed by atoms with E-state index in [0.717, 1.165) is 15.4 Å². The molecule has 9 heteroatoms. The van der Waals surface area contributed by atoms with Gasteiger partial charge in [0.1, 0.15) is 5.76 Å². The van der Waals surface area contributed by atoms with Crippen LogP contribution in [0.1, 0.15) is 5.76 Å². The smallest absolute Gasteiger partial charge is 0.317 e. The lowest BCUT2D eigenvalue weighted by Gasteiger charge is -2.16. The molecule has 0 atom stereocenters. The minimum absolute atomic E-state index is 0.163. The van der Waals surface area contributed by atoms with Crippen LogP contribution in [0, 0.1) is 0 Å². The van der Waals surface area contributed by atoms with E-state index in [1.54, 1.807) is 25.4 Å². The number of hydrogen-bond donors (Lipinski definition) is 3. The summed E-state index contributed by atoms with van der Waals surface area (Å²) in [5.74, 6) is 0.711. The summed E-state index contributed by atoms with van der Waals surface area (Å²) in [6.07, 6.45) is 1.54. The van der Waals surface area contributed by atoms with Gasteiger partial charge in [-0.25, -0.2) is 4.79 Å². The van der Waals surface area contributed by atoms with Crippen molar-refractivity contribution in [1.29, 1.82) is 0 Å². The summed E-state index contributed by atoms with van der Waals surface area (Å²) in [4.78, 5) is 25.5. The summed E-state index contributed by atoms with van der Waals surface area (Å²) >= 11 is 3.38. The van der Waals surface area contributed by atoms with Gasteiger partial charge in [-0.1, -0.05) is 15.9 Å². The molecule has 0 radical (unpaired) electrons. The van der Waals surface area contributed by atoms with Gasteiger partial charge in [0.25, 0.3) is 0 Å². The predicted molar refractivity (Wildman–Crippen MR) is 96.0 cm³/mol. The van der Waals surface area contributed by atoms with Crippen molar-refractivity contribution in [3.63, 3.8) is 0 Å². The van der Waals surface area contributed by atoms with Crippen LogP contribution in [0.3, 0.4) is 0 Å². The lowest BCUT2D eigenvalue weighted by molar-refractivity contribution is -0.115. The number of halogens is 1. The van der Waals surface area contributed by atoms with Crippen molar-refractivity contribution in [2.24, 2.45) is 0 Å². The van der Waals surface area contributed by atoms with E-state index < -0.39 is 0 Å². The van der Waals surface area contributed by atoms with Crippen LogP contribution in [-0.4, -0.2) is 40.6 Å². The fraction of sp³-hybridized carbons (Fsp3) is 0.188. The topological polar surface area (TPSA) is 103 Å². The standard InChI is InChI=1S/C16H16BrN5O3/c1-22(9-11-3-2-6-25-11)16(24)18-8-14(23)19-15-12-7-10(17)4-5-13(12)20-21-15/h2-7H,8-9H2,1H3,(H,18,24)(H2,19,20,21,23). The molecule has 0 spiro atoms. The van der Waals surface area contributed by atoms with E-state index in [4.69, 9.17) is 4.42 Å². The molecule has 8 nitrogen and oxygen atoms in total. The molecule has 2 heterocycles. The molecule has 130 valence electrons. The van der Waals surface area contributed by atoms with E-state index in [0.29, 0.717) is 18.1 Å². The fourth-order valence-corrected chi connectivity index (χ4v) is 2.62. The molecule has 3 aromatic rings. The number of nitrogens with one attached hydrogen (secondary N) is 3. The molecule has 0 aliphatic rings. The minimum atomic E-state index is -0.374. The second kappa shape index (κ2) is 7.39. The van der Waals surface area contributed by atoms with Gasteiger partial charge in [-0.15, -0.1) is 0 Å². The van der Waals surface area contributed by atoms with E-state index in [1.165, 1.54) is 4.90 Å². The average molecular weight is 406 g/mol. The zero-order valence-corrected chi connectivity index (χ0v) is 15.0. The van der Waals surface area contributed by atoms with Crippen molar-refractivity contribution >= 4 is 44.6 Å². The average Bonchev–Trinajstić information content (AvgIpc) is 3.23.